The van der Waals surface area contributed by atoms with E-state index in [2.05, 4.69) is 4.98 Å². The van der Waals surface area contributed by atoms with Crippen LogP contribution in [0.25, 0.3) is 11.3 Å². The van der Waals surface area contributed by atoms with Crippen LogP contribution in [0.2, 0.25) is 0 Å². The number of benzene rings is 1. The largest absolute Gasteiger partial charge is 0.488 e. The van der Waals surface area contributed by atoms with Gasteiger partial charge in [-0.15, -0.1) is 0 Å². The van der Waals surface area contributed by atoms with Gasteiger partial charge in [-0.25, -0.2) is 4.21 Å². The fraction of sp³-hybridized carbons (Fsp3) is 0.542. The third-order valence-corrected chi connectivity index (χ3v) is 7.91. The monoisotopic (exact) mass is 480 g/mol. The van der Waals surface area contributed by atoms with Gasteiger partial charge in [-0.05, 0) is 56.3 Å². The lowest BCUT2D eigenvalue weighted by Crippen LogP contribution is -2.44. The molecule has 2 aromatic rings. The third kappa shape index (κ3) is 4.81. The number of aromatic nitrogens is 1. The molecule has 0 bridgehead atoms. The minimum absolute atomic E-state index is 0.0404. The normalized spacial score (nSPS) is 23.7. The maximum atomic E-state index is 13.3. The Kier molecular flexibility index (Phi) is 5.99. The summed E-state index contributed by atoms with van der Waals surface area (Å²) in [6, 6.07) is 9.48. The van der Waals surface area contributed by atoms with Gasteiger partial charge in [-0.3, -0.25) is 4.98 Å². The van der Waals surface area contributed by atoms with Crippen LogP contribution in [0.15, 0.2) is 36.5 Å². The van der Waals surface area contributed by atoms with Crippen LogP contribution >= 0.6 is 0 Å². The number of nitrogens with zero attached hydrogens (tertiary/aromatic N) is 2. The van der Waals surface area contributed by atoms with Crippen LogP contribution in [0.3, 0.4) is 0 Å². The van der Waals surface area contributed by atoms with Crippen LogP contribution in [0.4, 0.5) is 13.2 Å². The molecule has 2 unspecified atom stereocenters. The minimum Gasteiger partial charge on any atom is -0.488 e. The van der Waals surface area contributed by atoms with E-state index in [1.165, 1.54) is 0 Å². The van der Waals surface area contributed by atoms with E-state index in [1.54, 1.807) is 6.20 Å². The van der Waals surface area contributed by atoms with Gasteiger partial charge in [-0.1, -0.05) is 24.3 Å². The molecule has 3 aliphatic rings. The first-order valence-corrected chi connectivity index (χ1v) is 12.6. The summed E-state index contributed by atoms with van der Waals surface area (Å²) in [6.07, 6.45) is 0.690. The van der Waals surface area contributed by atoms with Gasteiger partial charge in [0, 0.05) is 24.1 Å². The zero-order valence-corrected chi connectivity index (χ0v) is 19.0. The second-order valence-electron chi connectivity index (χ2n) is 9.59. The van der Waals surface area contributed by atoms with Gasteiger partial charge in [0.05, 0.1) is 23.1 Å². The molecule has 1 saturated carbocycles. The molecule has 1 saturated heterocycles. The van der Waals surface area contributed by atoms with E-state index in [9.17, 15) is 17.4 Å². The average molecular weight is 481 g/mol. The van der Waals surface area contributed by atoms with E-state index in [-0.39, 0.29) is 31.2 Å². The summed E-state index contributed by atoms with van der Waals surface area (Å²) in [5.74, 6) is 1.22. The molecule has 1 N–H and O–H groups in total. The molecule has 0 radical (unpaired) electrons. The number of likely N-dealkylation sites (tertiary alicyclic amines) is 1. The van der Waals surface area contributed by atoms with Gasteiger partial charge in [0.2, 0.25) is 0 Å². The van der Waals surface area contributed by atoms with Crippen molar-refractivity contribution >= 4 is 11.1 Å². The zero-order valence-electron chi connectivity index (χ0n) is 18.2. The molecule has 2 aliphatic heterocycles. The molecule has 9 heteroatoms. The Balaban J connectivity index is 1.18. The van der Waals surface area contributed by atoms with Crippen molar-refractivity contribution in [1.29, 1.82) is 0 Å². The molecule has 178 valence electrons. The number of hydrogen-bond donors (Lipinski definition) is 1. The number of rotatable bonds is 6. The number of hydrogen-bond acceptors (Lipinski definition) is 4. The van der Waals surface area contributed by atoms with Gasteiger partial charge >= 0.3 is 6.18 Å². The molecule has 5 nitrogen and oxygen atoms in total. The molecule has 3 heterocycles. The highest BCUT2D eigenvalue weighted by Gasteiger charge is 2.63. The maximum Gasteiger partial charge on any atom is 0.395 e. The SMILES string of the molecule is O=S(O)Cc1ccc(-c2cc3c(cn2)OC(C2CCN(CC4(C(F)(F)F)CC4)CC2)C3)cc1. The molecule has 1 aliphatic carbocycles. The van der Waals surface area contributed by atoms with Crippen LogP contribution in [0, 0.1) is 11.3 Å². The quantitative estimate of drug-likeness (QED) is 0.601. The first kappa shape index (κ1) is 22.8. The smallest absolute Gasteiger partial charge is 0.395 e. The zero-order chi connectivity index (χ0) is 23.2. The molecule has 2 atom stereocenters. The molecule has 5 rings (SSSR count). The topological polar surface area (TPSA) is 62.7 Å². The first-order chi connectivity index (χ1) is 15.7. The van der Waals surface area contributed by atoms with E-state index in [0.717, 1.165) is 47.4 Å². The van der Waals surface area contributed by atoms with E-state index < -0.39 is 22.7 Å². The molecule has 2 fully saturated rings. The average Bonchev–Trinajstić information content (AvgIpc) is 3.44. The van der Waals surface area contributed by atoms with Crippen LogP contribution in [0.1, 0.15) is 36.8 Å². The number of ether oxygens (including phenoxy) is 1. The fourth-order valence-corrected chi connectivity index (χ4v) is 5.58. The predicted molar refractivity (Wildman–Crippen MR) is 119 cm³/mol. The van der Waals surface area contributed by atoms with Crippen molar-refractivity contribution in [3.63, 3.8) is 0 Å². The van der Waals surface area contributed by atoms with Crippen molar-refractivity contribution in [3.05, 3.63) is 47.7 Å². The Bertz CT molecular complexity index is 1030. The predicted octanol–water partition coefficient (Wildman–Crippen LogP) is 4.83. The second kappa shape index (κ2) is 8.67. The van der Waals surface area contributed by atoms with E-state index in [1.807, 2.05) is 35.2 Å². The molecule has 0 spiro atoms. The number of pyridine rings is 1. The summed E-state index contributed by atoms with van der Waals surface area (Å²) in [5.41, 5.74) is 2.18. The third-order valence-electron chi connectivity index (χ3n) is 7.33. The van der Waals surface area contributed by atoms with Crippen LogP contribution in [-0.2, 0) is 23.3 Å². The lowest BCUT2D eigenvalue weighted by Gasteiger charge is -2.36. The number of alkyl halides is 3. The first-order valence-electron chi connectivity index (χ1n) is 11.3. The summed E-state index contributed by atoms with van der Waals surface area (Å²) in [4.78, 5) is 6.50. The van der Waals surface area contributed by atoms with Crippen molar-refractivity contribution < 1.29 is 26.7 Å². The Morgan fingerprint density at radius 1 is 1.18 bits per heavy atom. The van der Waals surface area contributed by atoms with Crippen molar-refractivity contribution in [2.45, 2.75) is 50.1 Å². The minimum atomic E-state index is -4.09. The number of piperidine rings is 1. The molecular formula is C24H27F3N2O3S. The summed E-state index contributed by atoms with van der Waals surface area (Å²) >= 11 is -1.87. The molecule has 33 heavy (non-hydrogen) atoms. The summed E-state index contributed by atoms with van der Waals surface area (Å²) in [7, 11) is 0. The van der Waals surface area contributed by atoms with Gasteiger partial charge in [0.15, 0.2) is 11.1 Å². The Labute approximate surface area is 193 Å². The van der Waals surface area contributed by atoms with Gasteiger partial charge in [0.25, 0.3) is 0 Å². The van der Waals surface area contributed by atoms with Crippen LogP contribution in [0.5, 0.6) is 5.75 Å². The second-order valence-corrected chi connectivity index (χ2v) is 10.5. The number of halogens is 3. The number of fused-ring (bicyclic) bond motifs is 1. The molecular weight excluding hydrogens is 453 g/mol. The maximum absolute atomic E-state index is 13.3. The molecule has 0 amide bonds. The Hall–Kier alpha value is -1.97. The van der Waals surface area contributed by atoms with Gasteiger partial charge in [0.1, 0.15) is 11.9 Å². The lowest BCUT2D eigenvalue weighted by atomic mass is 9.88. The highest BCUT2D eigenvalue weighted by molar-refractivity contribution is 7.78. The van der Waals surface area contributed by atoms with Gasteiger partial charge < -0.3 is 14.2 Å². The lowest BCUT2D eigenvalue weighted by molar-refractivity contribution is -0.192. The Morgan fingerprint density at radius 3 is 2.48 bits per heavy atom. The van der Waals surface area contributed by atoms with Crippen LogP contribution in [-0.4, -0.2) is 50.6 Å². The van der Waals surface area contributed by atoms with E-state index in [0.29, 0.717) is 19.0 Å². The molecule has 1 aromatic heterocycles. The summed E-state index contributed by atoms with van der Waals surface area (Å²) in [5, 5.41) is 0. The van der Waals surface area contributed by atoms with Gasteiger partial charge in [-0.2, -0.15) is 13.2 Å². The summed E-state index contributed by atoms with van der Waals surface area (Å²) < 4.78 is 66.0. The van der Waals surface area contributed by atoms with Crippen LogP contribution < -0.4 is 4.74 Å². The van der Waals surface area contributed by atoms with Crippen molar-refractivity contribution in [3.8, 4) is 17.0 Å². The highest BCUT2D eigenvalue weighted by Crippen LogP contribution is 2.58. The van der Waals surface area contributed by atoms with Crippen molar-refractivity contribution in [2.24, 2.45) is 11.3 Å². The van der Waals surface area contributed by atoms with E-state index in [4.69, 9.17) is 9.29 Å². The fourth-order valence-electron chi connectivity index (χ4n) is 5.10. The Morgan fingerprint density at radius 2 is 1.88 bits per heavy atom. The standard InChI is InChI=1S/C24H27F3N2O3S/c25-24(26,27)23(7-8-23)15-29-9-5-18(6-10-29)21-12-19-11-20(28-13-22(19)32-21)17-3-1-16(2-4-17)14-33(30)31/h1-4,11,13,18,21H,5-10,12,14-15H2,(H,30,31). The highest BCUT2D eigenvalue weighted by atomic mass is 32.2. The van der Waals surface area contributed by atoms with Crippen molar-refractivity contribution in [1.82, 2.24) is 9.88 Å². The van der Waals surface area contributed by atoms with Crippen molar-refractivity contribution in [2.75, 3.05) is 19.6 Å². The van der Waals surface area contributed by atoms with E-state index >= 15 is 0 Å². The summed E-state index contributed by atoms with van der Waals surface area (Å²) in [6.45, 7) is 1.51. The molecule has 1 aromatic carbocycles.